The van der Waals surface area contributed by atoms with E-state index in [1.54, 1.807) is 36.4 Å². The first-order valence-corrected chi connectivity index (χ1v) is 9.59. The average molecular weight is 384 g/mol. The maximum atomic E-state index is 12.4. The van der Waals surface area contributed by atoms with Crippen LogP contribution in [0.5, 0.6) is 5.75 Å². The zero-order valence-electron chi connectivity index (χ0n) is 16.8. The van der Waals surface area contributed by atoms with Gasteiger partial charge in [0.05, 0.1) is 0 Å². The van der Waals surface area contributed by atoms with E-state index >= 15 is 0 Å². The highest BCUT2D eigenvalue weighted by molar-refractivity contribution is 6.09. The summed E-state index contributed by atoms with van der Waals surface area (Å²) in [6, 6.07) is 15.5. The van der Waals surface area contributed by atoms with Crippen molar-refractivity contribution in [3.05, 3.63) is 65.7 Å². The molecule has 0 fully saturated rings. The minimum atomic E-state index is -0.753. The van der Waals surface area contributed by atoms with E-state index in [1.807, 2.05) is 39.0 Å². The van der Waals surface area contributed by atoms with Gasteiger partial charge in [0.25, 0.3) is 0 Å². The lowest BCUT2D eigenvalue weighted by Gasteiger charge is -2.24. The molecule has 0 aliphatic carbocycles. The predicted molar refractivity (Wildman–Crippen MR) is 108 cm³/mol. The average Bonchev–Trinajstić information content (AvgIpc) is 2.68. The topological polar surface area (TPSA) is 61.8 Å². The number of hydrogen-bond acceptors (Lipinski definition) is 5. The molecule has 2 rings (SSSR count). The fourth-order valence-electron chi connectivity index (χ4n) is 2.72. The zero-order valence-corrected chi connectivity index (χ0v) is 16.8. The Morgan fingerprint density at radius 3 is 2.18 bits per heavy atom. The Bertz CT molecular complexity index is 750. The second-order valence-electron chi connectivity index (χ2n) is 7.09. The van der Waals surface area contributed by atoms with Crippen LogP contribution in [0.1, 0.15) is 56.0 Å². The Hall–Kier alpha value is -2.66. The highest BCUT2D eigenvalue weighted by Crippen LogP contribution is 2.21. The van der Waals surface area contributed by atoms with E-state index in [9.17, 15) is 9.59 Å². The Kier molecular flexibility index (Phi) is 8.20. The number of carbonyl (C=O) groups is 2. The second-order valence-corrected chi connectivity index (χ2v) is 7.09. The molecule has 2 aromatic rings. The van der Waals surface area contributed by atoms with Gasteiger partial charge >= 0.3 is 6.16 Å². The summed E-state index contributed by atoms with van der Waals surface area (Å²) in [5, 5.41) is 0. The molecule has 0 bridgehead atoms. The quantitative estimate of drug-likeness (QED) is 0.237. The number of ketones is 1. The molecule has 0 aromatic heterocycles. The SMILES string of the molecule is CCOCCCCC(C)(C)OC(=O)Oc1ccc(C(=O)c2ccccc2)cc1. The summed E-state index contributed by atoms with van der Waals surface area (Å²) in [5.41, 5.74) is 0.523. The van der Waals surface area contributed by atoms with Crippen LogP contribution in [0.25, 0.3) is 0 Å². The molecule has 5 heteroatoms. The maximum absolute atomic E-state index is 12.4. The monoisotopic (exact) mass is 384 g/mol. The van der Waals surface area contributed by atoms with Gasteiger partial charge in [0, 0.05) is 24.3 Å². The highest BCUT2D eigenvalue weighted by atomic mass is 16.7. The van der Waals surface area contributed by atoms with Gasteiger partial charge in [-0.15, -0.1) is 0 Å². The summed E-state index contributed by atoms with van der Waals surface area (Å²) in [4.78, 5) is 24.5. The Labute approximate surface area is 166 Å². The van der Waals surface area contributed by atoms with Crippen LogP contribution < -0.4 is 4.74 Å². The van der Waals surface area contributed by atoms with Crippen molar-refractivity contribution < 1.29 is 23.8 Å². The normalized spacial score (nSPS) is 11.1. The molecular weight excluding hydrogens is 356 g/mol. The number of hydrogen-bond donors (Lipinski definition) is 0. The van der Waals surface area contributed by atoms with E-state index in [0.29, 0.717) is 30.1 Å². The highest BCUT2D eigenvalue weighted by Gasteiger charge is 2.24. The number of carbonyl (C=O) groups excluding carboxylic acids is 2. The van der Waals surface area contributed by atoms with Crippen LogP contribution in [0.2, 0.25) is 0 Å². The van der Waals surface area contributed by atoms with Crippen LogP contribution in [-0.4, -0.2) is 30.8 Å². The molecular formula is C23H28O5. The van der Waals surface area contributed by atoms with E-state index in [1.165, 1.54) is 0 Å². The molecule has 0 saturated heterocycles. The van der Waals surface area contributed by atoms with Gasteiger partial charge in [-0.2, -0.15) is 0 Å². The molecule has 28 heavy (non-hydrogen) atoms. The molecule has 0 aliphatic heterocycles. The van der Waals surface area contributed by atoms with E-state index in [-0.39, 0.29) is 5.78 Å². The minimum absolute atomic E-state index is 0.0806. The summed E-state index contributed by atoms with van der Waals surface area (Å²) in [6.45, 7) is 7.10. The molecule has 0 radical (unpaired) electrons. The van der Waals surface area contributed by atoms with Crippen molar-refractivity contribution in [1.82, 2.24) is 0 Å². The Balaban J connectivity index is 1.84. The van der Waals surface area contributed by atoms with Crippen molar-refractivity contribution in [2.75, 3.05) is 13.2 Å². The smallest absolute Gasteiger partial charge is 0.428 e. The minimum Gasteiger partial charge on any atom is -0.428 e. The first-order valence-electron chi connectivity index (χ1n) is 9.59. The second kappa shape index (κ2) is 10.6. The van der Waals surface area contributed by atoms with E-state index in [0.717, 1.165) is 19.3 Å². The van der Waals surface area contributed by atoms with Crippen molar-refractivity contribution >= 4 is 11.9 Å². The summed E-state index contributed by atoms with van der Waals surface area (Å²) >= 11 is 0. The fraction of sp³-hybridized carbons (Fsp3) is 0.391. The van der Waals surface area contributed by atoms with Gasteiger partial charge < -0.3 is 14.2 Å². The molecule has 0 spiro atoms. The lowest BCUT2D eigenvalue weighted by atomic mass is 10.0. The van der Waals surface area contributed by atoms with Crippen molar-refractivity contribution in [2.45, 2.75) is 45.6 Å². The number of ether oxygens (including phenoxy) is 3. The standard InChI is InChI=1S/C23H28O5/c1-4-26-17-9-8-16-23(2,3)28-22(25)27-20-14-12-19(13-15-20)21(24)18-10-6-5-7-11-18/h5-7,10-15H,4,8-9,16-17H2,1-3H3. The molecule has 0 atom stereocenters. The Morgan fingerprint density at radius 1 is 0.893 bits per heavy atom. The summed E-state index contributed by atoms with van der Waals surface area (Å²) in [7, 11) is 0. The molecule has 0 aliphatic rings. The summed E-state index contributed by atoms with van der Waals surface area (Å²) in [6.07, 6.45) is 1.79. The summed E-state index contributed by atoms with van der Waals surface area (Å²) in [5.74, 6) is 0.254. The molecule has 0 N–H and O–H groups in total. The Morgan fingerprint density at radius 2 is 1.54 bits per heavy atom. The van der Waals surface area contributed by atoms with Crippen LogP contribution >= 0.6 is 0 Å². The van der Waals surface area contributed by atoms with Gasteiger partial charge in [0.15, 0.2) is 5.78 Å². The predicted octanol–water partition coefficient (Wildman–Crippen LogP) is 5.42. The van der Waals surface area contributed by atoms with Gasteiger partial charge in [-0.05, 0) is 64.3 Å². The van der Waals surface area contributed by atoms with Crippen LogP contribution in [0.15, 0.2) is 54.6 Å². The number of unbranched alkanes of at least 4 members (excludes halogenated alkanes) is 1. The van der Waals surface area contributed by atoms with Crippen LogP contribution in [0.4, 0.5) is 4.79 Å². The lowest BCUT2D eigenvalue weighted by molar-refractivity contribution is 0.00172. The van der Waals surface area contributed by atoms with Crippen molar-refractivity contribution in [3.8, 4) is 5.75 Å². The molecule has 0 heterocycles. The molecule has 0 unspecified atom stereocenters. The molecule has 5 nitrogen and oxygen atoms in total. The number of rotatable bonds is 10. The van der Waals surface area contributed by atoms with Crippen LogP contribution in [0, 0.1) is 0 Å². The molecule has 0 amide bonds. The van der Waals surface area contributed by atoms with E-state index in [2.05, 4.69) is 0 Å². The zero-order chi connectivity index (χ0) is 20.4. The fourth-order valence-corrected chi connectivity index (χ4v) is 2.72. The first kappa shape index (κ1) is 21.6. The third kappa shape index (κ3) is 7.16. The van der Waals surface area contributed by atoms with Crippen molar-refractivity contribution in [1.29, 1.82) is 0 Å². The maximum Gasteiger partial charge on any atom is 0.514 e. The largest absolute Gasteiger partial charge is 0.514 e. The van der Waals surface area contributed by atoms with Crippen LogP contribution in [0.3, 0.4) is 0 Å². The molecule has 0 saturated carbocycles. The van der Waals surface area contributed by atoms with Gasteiger partial charge in [0.2, 0.25) is 0 Å². The van der Waals surface area contributed by atoms with E-state index < -0.39 is 11.8 Å². The molecule has 150 valence electrons. The van der Waals surface area contributed by atoms with Gasteiger partial charge in [-0.3, -0.25) is 4.79 Å². The van der Waals surface area contributed by atoms with Gasteiger partial charge in [-0.1, -0.05) is 30.3 Å². The van der Waals surface area contributed by atoms with Crippen molar-refractivity contribution in [3.63, 3.8) is 0 Å². The van der Waals surface area contributed by atoms with Crippen LogP contribution in [-0.2, 0) is 9.47 Å². The third-order valence-electron chi connectivity index (χ3n) is 4.23. The van der Waals surface area contributed by atoms with Crippen molar-refractivity contribution in [2.24, 2.45) is 0 Å². The first-order chi connectivity index (χ1) is 13.4. The summed E-state index contributed by atoms with van der Waals surface area (Å²) < 4.78 is 16.0. The van der Waals surface area contributed by atoms with E-state index in [4.69, 9.17) is 14.2 Å². The van der Waals surface area contributed by atoms with Gasteiger partial charge in [0.1, 0.15) is 11.4 Å². The van der Waals surface area contributed by atoms with Gasteiger partial charge in [-0.25, -0.2) is 4.79 Å². The third-order valence-corrected chi connectivity index (χ3v) is 4.23. The number of benzene rings is 2. The lowest BCUT2D eigenvalue weighted by Crippen LogP contribution is -2.29. The molecule has 2 aromatic carbocycles.